The van der Waals surface area contributed by atoms with Gasteiger partial charge < -0.3 is 10.1 Å². The van der Waals surface area contributed by atoms with Gasteiger partial charge in [-0.05, 0) is 42.8 Å². The number of hydrogen-bond donors (Lipinski definition) is 1. The van der Waals surface area contributed by atoms with Gasteiger partial charge in [-0.25, -0.2) is 9.97 Å². The molecule has 0 fully saturated rings. The fourth-order valence-electron chi connectivity index (χ4n) is 2.40. The van der Waals surface area contributed by atoms with Gasteiger partial charge in [-0.1, -0.05) is 43.3 Å². The van der Waals surface area contributed by atoms with E-state index >= 15 is 0 Å². The zero-order valence-electron chi connectivity index (χ0n) is 15.4. The summed E-state index contributed by atoms with van der Waals surface area (Å²) >= 11 is 1.23. The Morgan fingerprint density at radius 1 is 1.11 bits per heavy atom. The molecule has 0 saturated heterocycles. The number of nitrogens with one attached hydrogen (secondary N) is 1. The van der Waals surface area contributed by atoms with E-state index < -0.39 is 4.92 Å². The van der Waals surface area contributed by atoms with Crippen molar-refractivity contribution in [3.8, 4) is 5.75 Å². The first-order chi connectivity index (χ1) is 13.7. The Morgan fingerprint density at radius 2 is 1.86 bits per heavy atom. The lowest BCUT2D eigenvalue weighted by molar-refractivity contribution is -0.387. The number of benzene rings is 2. The maximum absolute atomic E-state index is 11.7. The number of ether oxygens (including phenoxy) is 1. The van der Waals surface area contributed by atoms with Crippen LogP contribution in [-0.2, 0) is 0 Å². The van der Waals surface area contributed by atoms with Crippen molar-refractivity contribution in [1.29, 1.82) is 0 Å². The number of hydrogen-bond acceptors (Lipinski definition) is 7. The molecule has 0 atom stereocenters. The van der Waals surface area contributed by atoms with Gasteiger partial charge in [0, 0.05) is 10.6 Å². The van der Waals surface area contributed by atoms with Crippen LogP contribution in [0.2, 0.25) is 0 Å². The second-order valence-corrected chi connectivity index (χ2v) is 6.96. The van der Waals surface area contributed by atoms with Crippen LogP contribution in [0.1, 0.15) is 19.8 Å². The highest BCUT2D eigenvalue weighted by Crippen LogP contribution is 2.37. The molecule has 0 amide bonds. The van der Waals surface area contributed by atoms with Gasteiger partial charge in [0.05, 0.1) is 11.5 Å². The summed E-state index contributed by atoms with van der Waals surface area (Å²) in [6, 6.07) is 16.6. The van der Waals surface area contributed by atoms with Gasteiger partial charge >= 0.3 is 5.69 Å². The van der Waals surface area contributed by atoms with Crippen molar-refractivity contribution >= 4 is 29.0 Å². The summed E-state index contributed by atoms with van der Waals surface area (Å²) in [7, 11) is 0. The van der Waals surface area contributed by atoms with Crippen LogP contribution >= 0.6 is 11.8 Å². The van der Waals surface area contributed by atoms with Crippen molar-refractivity contribution in [1.82, 2.24) is 9.97 Å². The smallest absolute Gasteiger partial charge is 0.343 e. The number of rotatable bonds is 9. The van der Waals surface area contributed by atoms with E-state index in [0.29, 0.717) is 12.3 Å². The second-order valence-electron chi connectivity index (χ2n) is 5.90. The number of anilines is 2. The van der Waals surface area contributed by atoms with E-state index in [1.165, 1.54) is 18.1 Å². The van der Waals surface area contributed by atoms with Gasteiger partial charge in [-0.2, -0.15) is 0 Å². The third kappa shape index (κ3) is 5.20. The first-order valence-corrected chi connectivity index (χ1v) is 9.71. The average molecular weight is 396 g/mol. The number of unbranched alkanes of at least 4 members (excludes halogenated alkanes) is 1. The molecule has 3 rings (SSSR count). The third-order valence-corrected chi connectivity index (χ3v) is 4.81. The Hall–Kier alpha value is -3.13. The van der Waals surface area contributed by atoms with Crippen LogP contribution in [0.4, 0.5) is 17.2 Å². The summed E-state index contributed by atoms with van der Waals surface area (Å²) in [4.78, 5) is 20.3. The number of nitro groups is 1. The van der Waals surface area contributed by atoms with Crippen molar-refractivity contribution in [3.05, 3.63) is 71.0 Å². The van der Waals surface area contributed by atoms with Crippen LogP contribution in [0.3, 0.4) is 0 Å². The van der Waals surface area contributed by atoms with Crippen LogP contribution in [0.15, 0.2) is 70.8 Å². The second kappa shape index (κ2) is 9.70. The predicted molar refractivity (Wildman–Crippen MR) is 109 cm³/mol. The molecule has 0 aliphatic heterocycles. The van der Waals surface area contributed by atoms with Gasteiger partial charge in [0.2, 0.25) is 5.82 Å². The van der Waals surface area contributed by atoms with E-state index in [0.717, 1.165) is 23.5 Å². The fourth-order valence-corrected chi connectivity index (χ4v) is 3.28. The maximum Gasteiger partial charge on any atom is 0.343 e. The molecule has 0 unspecified atom stereocenters. The minimum atomic E-state index is -0.462. The van der Waals surface area contributed by atoms with Crippen molar-refractivity contribution < 1.29 is 9.66 Å². The highest BCUT2D eigenvalue weighted by atomic mass is 32.2. The van der Waals surface area contributed by atoms with E-state index in [-0.39, 0.29) is 16.5 Å². The minimum absolute atomic E-state index is 0.151. The first-order valence-electron chi connectivity index (χ1n) is 8.89. The normalized spacial score (nSPS) is 10.5. The molecule has 8 heteroatoms. The van der Waals surface area contributed by atoms with E-state index in [2.05, 4.69) is 22.2 Å². The molecule has 1 aromatic heterocycles. The lowest BCUT2D eigenvalue weighted by Crippen LogP contribution is -2.03. The molecule has 0 aliphatic carbocycles. The summed E-state index contributed by atoms with van der Waals surface area (Å²) in [5, 5.41) is 15.0. The molecule has 1 heterocycles. The highest BCUT2D eigenvalue weighted by Gasteiger charge is 2.23. The standard InChI is InChI=1S/C20H20N4O3S/c1-2-3-13-27-16-11-9-15(10-12-16)23-19-18(24(25)26)20(22-14-21-19)28-17-7-5-4-6-8-17/h4-12,14H,2-3,13H2,1H3,(H,21,22,23). The summed E-state index contributed by atoms with van der Waals surface area (Å²) < 4.78 is 5.63. The summed E-state index contributed by atoms with van der Waals surface area (Å²) in [5.41, 5.74) is 0.528. The largest absolute Gasteiger partial charge is 0.494 e. The Labute approximate surface area is 167 Å². The molecule has 0 radical (unpaired) electrons. The topological polar surface area (TPSA) is 90.2 Å². The van der Waals surface area contributed by atoms with Crippen LogP contribution in [-0.4, -0.2) is 21.5 Å². The summed E-state index contributed by atoms with van der Waals surface area (Å²) in [6.45, 7) is 2.77. The van der Waals surface area contributed by atoms with E-state index in [9.17, 15) is 10.1 Å². The Bertz CT molecular complexity index is 920. The van der Waals surface area contributed by atoms with Gasteiger partial charge in [0.25, 0.3) is 0 Å². The lowest BCUT2D eigenvalue weighted by Gasteiger charge is -2.10. The van der Waals surface area contributed by atoms with Gasteiger partial charge in [-0.15, -0.1) is 0 Å². The summed E-state index contributed by atoms with van der Waals surface area (Å²) in [6.07, 6.45) is 3.39. The van der Waals surface area contributed by atoms with Gasteiger partial charge in [0.15, 0.2) is 5.03 Å². The van der Waals surface area contributed by atoms with E-state index in [4.69, 9.17) is 4.74 Å². The van der Waals surface area contributed by atoms with E-state index in [1.54, 1.807) is 12.1 Å². The Balaban J connectivity index is 1.80. The van der Waals surface area contributed by atoms with Crippen LogP contribution in [0.25, 0.3) is 0 Å². The molecule has 28 heavy (non-hydrogen) atoms. The number of aromatic nitrogens is 2. The Morgan fingerprint density at radius 3 is 2.54 bits per heavy atom. The zero-order chi connectivity index (χ0) is 19.8. The van der Waals surface area contributed by atoms with Gasteiger partial charge in [-0.3, -0.25) is 10.1 Å². The molecule has 0 bridgehead atoms. The lowest BCUT2D eigenvalue weighted by atomic mass is 10.3. The van der Waals surface area contributed by atoms with Crippen molar-refractivity contribution in [2.24, 2.45) is 0 Å². The highest BCUT2D eigenvalue weighted by molar-refractivity contribution is 7.99. The molecule has 0 spiro atoms. The minimum Gasteiger partial charge on any atom is -0.494 e. The summed E-state index contributed by atoms with van der Waals surface area (Å²) in [5.74, 6) is 0.912. The maximum atomic E-state index is 11.7. The fraction of sp³-hybridized carbons (Fsp3) is 0.200. The monoisotopic (exact) mass is 396 g/mol. The first kappa shape index (κ1) is 19.6. The molecule has 7 nitrogen and oxygen atoms in total. The van der Waals surface area contributed by atoms with Gasteiger partial charge in [0.1, 0.15) is 12.1 Å². The SMILES string of the molecule is CCCCOc1ccc(Nc2ncnc(Sc3ccccc3)c2[N+](=O)[O-])cc1. The molecule has 0 saturated carbocycles. The van der Waals surface area contributed by atoms with Crippen molar-refractivity contribution in [3.63, 3.8) is 0 Å². The Kier molecular flexibility index (Phi) is 6.80. The molecule has 3 aromatic rings. The van der Waals surface area contributed by atoms with Crippen molar-refractivity contribution in [2.75, 3.05) is 11.9 Å². The molecule has 2 aromatic carbocycles. The molecule has 1 N–H and O–H groups in total. The predicted octanol–water partition coefficient (Wildman–Crippen LogP) is 5.46. The molecule has 0 aliphatic rings. The molecule has 144 valence electrons. The molecular formula is C20H20N4O3S. The molecular weight excluding hydrogens is 376 g/mol. The average Bonchev–Trinajstić information content (AvgIpc) is 2.70. The van der Waals surface area contributed by atoms with Crippen LogP contribution in [0.5, 0.6) is 5.75 Å². The van der Waals surface area contributed by atoms with Crippen LogP contribution in [0, 0.1) is 10.1 Å². The quantitative estimate of drug-likeness (QED) is 0.222. The van der Waals surface area contributed by atoms with Crippen LogP contribution < -0.4 is 10.1 Å². The van der Waals surface area contributed by atoms with Crippen molar-refractivity contribution in [2.45, 2.75) is 29.7 Å². The third-order valence-electron chi connectivity index (χ3n) is 3.81. The number of nitrogens with zero attached hydrogens (tertiary/aromatic N) is 3. The van der Waals surface area contributed by atoms with E-state index in [1.807, 2.05) is 42.5 Å². The zero-order valence-corrected chi connectivity index (χ0v) is 16.2.